The lowest BCUT2D eigenvalue weighted by Gasteiger charge is -2.06. The lowest BCUT2D eigenvalue weighted by atomic mass is 10.2. The zero-order chi connectivity index (χ0) is 13.9. The van der Waals surface area contributed by atoms with E-state index >= 15 is 0 Å². The van der Waals surface area contributed by atoms with Crippen LogP contribution in [-0.4, -0.2) is 11.7 Å². The van der Waals surface area contributed by atoms with Crippen molar-refractivity contribution in [1.82, 2.24) is 0 Å². The summed E-state index contributed by atoms with van der Waals surface area (Å²) in [5.41, 5.74) is 0. The maximum atomic E-state index is 11.0. The van der Waals surface area contributed by atoms with E-state index in [9.17, 15) is 4.79 Å². The fraction of sp³-hybridized carbons (Fsp3) is 0.438. The van der Waals surface area contributed by atoms with Crippen molar-refractivity contribution in [2.45, 2.75) is 44.4 Å². The van der Waals surface area contributed by atoms with Gasteiger partial charge in [-0.3, -0.25) is 4.79 Å². The van der Waals surface area contributed by atoms with Crippen LogP contribution in [0.4, 0.5) is 0 Å². The molecule has 0 heterocycles. The third kappa shape index (κ3) is 6.93. The Bertz CT molecular complexity index is 457. The number of thioether (sulfide) groups is 1. The lowest BCUT2D eigenvalue weighted by molar-refractivity contribution is -0.132. The van der Waals surface area contributed by atoms with Gasteiger partial charge in [0, 0.05) is 13.3 Å². The van der Waals surface area contributed by atoms with Crippen molar-refractivity contribution in [2.75, 3.05) is 5.75 Å². The van der Waals surface area contributed by atoms with E-state index in [4.69, 9.17) is 4.74 Å². The highest BCUT2D eigenvalue weighted by Gasteiger charge is 2.04. The smallest absolute Gasteiger partial charge is 0.308 e. The largest absolute Gasteiger partial charge is 0.426 e. The van der Waals surface area contributed by atoms with Crippen LogP contribution in [0.5, 0.6) is 5.75 Å². The Kier molecular flexibility index (Phi) is 7.84. The Labute approximate surface area is 119 Å². The number of hydrogen-bond donors (Lipinski definition) is 0. The topological polar surface area (TPSA) is 26.3 Å². The van der Waals surface area contributed by atoms with Gasteiger partial charge >= 0.3 is 5.97 Å². The highest BCUT2D eigenvalue weighted by molar-refractivity contribution is 7.99. The molecular formula is C16H20O2S. The first kappa shape index (κ1) is 15.7. The Balaban J connectivity index is 2.42. The van der Waals surface area contributed by atoms with E-state index in [1.54, 1.807) is 17.8 Å². The molecule has 0 atom stereocenters. The zero-order valence-corrected chi connectivity index (χ0v) is 12.4. The number of esters is 1. The number of rotatable bonds is 6. The average molecular weight is 276 g/mol. The molecule has 0 spiro atoms. The molecule has 102 valence electrons. The van der Waals surface area contributed by atoms with Crippen molar-refractivity contribution in [2.24, 2.45) is 0 Å². The van der Waals surface area contributed by atoms with Gasteiger partial charge in [-0.15, -0.1) is 17.7 Å². The summed E-state index contributed by atoms with van der Waals surface area (Å²) >= 11 is 1.60. The number of benzene rings is 1. The summed E-state index contributed by atoms with van der Waals surface area (Å²) in [5.74, 6) is 7.37. The SMILES string of the molecule is CCCCCC#CCSc1ccccc1OC(C)=O. The van der Waals surface area contributed by atoms with Crippen LogP contribution in [0.3, 0.4) is 0 Å². The van der Waals surface area contributed by atoms with Crippen molar-refractivity contribution in [3.63, 3.8) is 0 Å². The van der Waals surface area contributed by atoms with Crippen LogP contribution in [0.25, 0.3) is 0 Å². The van der Waals surface area contributed by atoms with Gasteiger partial charge in [-0.1, -0.05) is 37.8 Å². The van der Waals surface area contributed by atoms with Crippen LogP contribution < -0.4 is 4.74 Å². The van der Waals surface area contributed by atoms with Gasteiger partial charge < -0.3 is 4.74 Å². The quantitative estimate of drug-likeness (QED) is 0.255. The van der Waals surface area contributed by atoms with Crippen LogP contribution in [0.15, 0.2) is 29.2 Å². The number of ether oxygens (including phenoxy) is 1. The van der Waals surface area contributed by atoms with Gasteiger partial charge in [0.1, 0.15) is 5.75 Å². The maximum absolute atomic E-state index is 11.0. The van der Waals surface area contributed by atoms with Crippen molar-refractivity contribution in [3.8, 4) is 17.6 Å². The highest BCUT2D eigenvalue weighted by Crippen LogP contribution is 2.28. The molecule has 0 aliphatic rings. The van der Waals surface area contributed by atoms with Gasteiger partial charge in [-0.2, -0.15) is 0 Å². The van der Waals surface area contributed by atoms with Gasteiger partial charge in [-0.05, 0) is 18.6 Å². The number of carbonyl (C=O) groups is 1. The maximum Gasteiger partial charge on any atom is 0.308 e. The Hall–Kier alpha value is -1.40. The molecule has 0 N–H and O–H groups in total. The summed E-state index contributed by atoms with van der Waals surface area (Å²) < 4.78 is 5.15. The Morgan fingerprint density at radius 1 is 1.26 bits per heavy atom. The molecule has 1 rings (SSSR count). The van der Waals surface area contributed by atoms with Gasteiger partial charge in [0.05, 0.1) is 10.6 Å². The zero-order valence-electron chi connectivity index (χ0n) is 11.6. The fourth-order valence-electron chi connectivity index (χ4n) is 1.53. The summed E-state index contributed by atoms with van der Waals surface area (Å²) in [6, 6.07) is 7.54. The molecule has 0 radical (unpaired) electrons. The number of carbonyl (C=O) groups excluding carboxylic acids is 1. The molecule has 0 unspecified atom stereocenters. The third-order valence-corrected chi connectivity index (χ3v) is 3.37. The van der Waals surface area contributed by atoms with E-state index in [2.05, 4.69) is 18.8 Å². The molecule has 0 aliphatic carbocycles. The normalized spacial score (nSPS) is 9.58. The van der Waals surface area contributed by atoms with Crippen molar-refractivity contribution >= 4 is 17.7 Å². The molecular weight excluding hydrogens is 256 g/mol. The molecule has 0 saturated heterocycles. The molecule has 0 bridgehead atoms. The van der Waals surface area contributed by atoms with E-state index in [1.165, 1.54) is 26.2 Å². The molecule has 19 heavy (non-hydrogen) atoms. The molecule has 0 amide bonds. The first-order valence-electron chi connectivity index (χ1n) is 6.60. The van der Waals surface area contributed by atoms with Gasteiger partial charge in [0.15, 0.2) is 0 Å². The first-order chi connectivity index (χ1) is 9.24. The minimum absolute atomic E-state index is 0.293. The average Bonchev–Trinajstić information content (AvgIpc) is 2.39. The van der Waals surface area contributed by atoms with Crippen LogP contribution in [0.1, 0.15) is 39.5 Å². The standard InChI is InChI=1S/C16H20O2S/c1-3-4-5-6-7-10-13-19-16-12-9-8-11-15(16)18-14(2)17/h8-9,11-12H,3-6,13H2,1-2H3. The van der Waals surface area contributed by atoms with Crippen molar-refractivity contribution < 1.29 is 9.53 Å². The van der Waals surface area contributed by atoms with E-state index in [0.717, 1.165) is 17.1 Å². The second kappa shape index (κ2) is 9.52. The summed E-state index contributed by atoms with van der Waals surface area (Å²) in [4.78, 5) is 11.9. The lowest BCUT2D eigenvalue weighted by Crippen LogP contribution is -2.02. The van der Waals surface area contributed by atoms with Crippen LogP contribution in [0.2, 0.25) is 0 Å². The molecule has 2 nitrogen and oxygen atoms in total. The van der Waals surface area contributed by atoms with Crippen molar-refractivity contribution in [1.29, 1.82) is 0 Å². The van der Waals surface area contributed by atoms with Gasteiger partial charge in [-0.25, -0.2) is 0 Å². The van der Waals surface area contributed by atoms with E-state index in [-0.39, 0.29) is 5.97 Å². The Morgan fingerprint density at radius 3 is 2.79 bits per heavy atom. The van der Waals surface area contributed by atoms with Crippen LogP contribution in [0, 0.1) is 11.8 Å². The predicted octanol–water partition coefficient (Wildman–Crippen LogP) is 4.29. The second-order valence-corrected chi connectivity index (χ2v) is 5.16. The highest BCUT2D eigenvalue weighted by atomic mass is 32.2. The van der Waals surface area contributed by atoms with E-state index in [0.29, 0.717) is 5.75 Å². The number of hydrogen-bond acceptors (Lipinski definition) is 3. The molecule has 1 aromatic rings. The van der Waals surface area contributed by atoms with Gasteiger partial charge in [0.2, 0.25) is 0 Å². The molecule has 3 heteroatoms. The van der Waals surface area contributed by atoms with E-state index < -0.39 is 0 Å². The molecule has 0 aliphatic heterocycles. The van der Waals surface area contributed by atoms with Crippen LogP contribution in [-0.2, 0) is 4.79 Å². The molecule has 1 aromatic carbocycles. The van der Waals surface area contributed by atoms with Gasteiger partial charge in [0.25, 0.3) is 0 Å². The first-order valence-corrected chi connectivity index (χ1v) is 7.58. The minimum Gasteiger partial charge on any atom is -0.426 e. The number of para-hydroxylation sites is 1. The monoisotopic (exact) mass is 276 g/mol. The second-order valence-electron chi connectivity index (χ2n) is 4.14. The Morgan fingerprint density at radius 2 is 2.05 bits per heavy atom. The summed E-state index contributed by atoms with van der Waals surface area (Å²) in [6.07, 6.45) is 4.63. The summed E-state index contributed by atoms with van der Waals surface area (Å²) in [5, 5.41) is 0. The fourth-order valence-corrected chi connectivity index (χ4v) is 2.28. The third-order valence-electron chi connectivity index (χ3n) is 2.43. The van der Waals surface area contributed by atoms with E-state index in [1.807, 2.05) is 18.2 Å². The molecule has 0 aromatic heterocycles. The van der Waals surface area contributed by atoms with Crippen LogP contribution >= 0.6 is 11.8 Å². The predicted molar refractivity (Wildman–Crippen MR) is 80.4 cm³/mol. The summed E-state index contributed by atoms with van der Waals surface area (Å²) in [6.45, 7) is 3.60. The number of unbranched alkanes of at least 4 members (excludes halogenated alkanes) is 3. The van der Waals surface area contributed by atoms with Crippen molar-refractivity contribution in [3.05, 3.63) is 24.3 Å². The minimum atomic E-state index is -0.293. The molecule has 0 saturated carbocycles. The molecule has 0 fully saturated rings. The summed E-state index contributed by atoms with van der Waals surface area (Å²) in [7, 11) is 0.